The van der Waals surface area contributed by atoms with Crippen LogP contribution in [-0.4, -0.2) is 38.4 Å². The monoisotopic (exact) mass is 272 g/mol. The van der Waals surface area contributed by atoms with Crippen LogP contribution in [0.3, 0.4) is 0 Å². The lowest BCUT2D eigenvalue weighted by Gasteiger charge is -2.35. The van der Waals surface area contributed by atoms with Gasteiger partial charge in [-0.15, -0.1) is 0 Å². The lowest BCUT2D eigenvalue weighted by molar-refractivity contribution is -0.0117. The second-order valence-electron chi connectivity index (χ2n) is 3.69. The standard InChI is InChI=1S/C8H18O6P2/c1-4-11-16-13-6-8(2,7-14-16)5-12-15(9)10-3/h9H,4-7H2,1-3H3. The zero-order valence-corrected chi connectivity index (χ0v) is 11.5. The van der Waals surface area contributed by atoms with Crippen LogP contribution in [0.5, 0.6) is 0 Å². The van der Waals surface area contributed by atoms with E-state index in [-0.39, 0.29) is 5.41 Å². The molecule has 1 rings (SSSR count). The SMILES string of the molecule is CCOP1OCC(C)(COP(O)OC)CO1. The first kappa shape index (κ1) is 14.7. The fourth-order valence-corrected chi connectivity index (χ4v) is 2.82. The van der Waals surface area contributed by atoms with E-state index in [0.29, 0.717) is 26.4 Å². The van der Waals surface area contributed by atoms with Gasteiger partial charge in [0, 0.05) is 12.5 Å². The van der Waals surface area contributed by atoms with Gasteiger partial charge < -0.3 is 27.5 Å². The summed E-state index contributed by atoms with van der Waals surface area (Å²) in [5.74, 6) is 0. The molecule has 0 saturated carbocycles. The fraction of sp³-hybridized carbons (Fsp3) is 1.00. The second-order valence-corrected chi connectivity index (χ2v) is 6.01. The Balaban J connectivity index is 2.26. The molecule has 1 unspecified atom stereocenters. The zero-order chi connectivity index (χ0) is 12.0. The molecule has 1 N–H and O–H groups in total. The molecule has 1 fully saturated rings. The predicted molar refractivity (Wildman–Crippen MR) is 60.7 cm³/mol. The number of rotatable bonds is 6. The summed E-state index contributed by atoms with van der Waals surface area (Å²) in [6.07, 6.45) is 0. The van der Waals surface area contributed by atoms with Gasteiger partial charge in [-0.2, -0.15) is 0 Å². The molecule has 16 heavy (non-hydrogen) atoms. The van der Waals surface area contributed by atoms with Gasteiger partial charge in [-0.25, -0.2) is 0 Å². The van der Waals surface area contributed by atoms with Crippen molar-refractivity contribution >= 4 is 17.2 Å². The van der Waals surface area contributed by atoms with Crippen molar-refractivity contribution in [2.75, 3.05) is 33.5 Å². The van der Waals surface area contributed by atoms with Crippen LogP contribution >= 0.6 is 17.2 Å². The predicted octanol–water partition coefficient (Wildman–Crippen LogP) is 2.19. The minimum Gasteiger partial charge on any atom is -0.328 e. The lowest BCUT2D eigenvalue weighted by Crippen LogP contribution is -2.36. The molecule has 0 amide bonds. The molecular weight excluding hydrogens is 254 g/mol. The van der Waals surface area contributed by atoms with Crippen molar-refractivity contribution in [1.29, 1.82) is 0 Å². The molecule has 6 nitrogen and oxygen atoms in total. The van der Waals surface area contributed by atoms with Gasteiger partial charge in [0.05, 0.1) is 26.4 Å². The maximum absolute atomic E-state index is 9.16. The quantitative estimate of drug-likeness (QED) is 0.747. The molecule has 0 radical (unpaired) electrons. The fourth-order valence-electron chi connectivity index (χ4n) is 1.02. The summed E-state index contributed by atoms with van der Waals surface area (Å²) in [4.78, 5) is 9.16. The van der Waals surface area contributed by atoms with E-state index in [9.17, 15) is 0 Å². The van der Waals surface area contributed by atoms with Crippen molar-refractivity contribution in [3.8, 4) is 0 Å². The zero-order valence-electron chi connectivity index (χ0n) is 9.71. The van der Waals surface area contributed by atoms with Gasteiger partial charge in [0.2, 0.25) is 0 Å². The molecule has 0 aromatic heterocycles. The number of hydrogen-bond donors (Lipinski definition) is 1. The van der Waals surface area contributed by atoms with Crippen LogP contribution in [0.1, 0.15) is 13.8 Å². The molecule has 0 spiro atoms. The van der Waals surface area contributed by atoms with Crippen molar-refractivity contribution < 1.29 is 27.5 Å². The van der Waals surface area contributed by atoms with Gasteiger partial charge in [-0.1, -0.05) is 6.92 Å². The molecule has 1 aliphatic rings. The average molecular weight is 272 g/mol. The van der Waals surface area contributed by atoms with E-state index in [4.69, 9.17) is 23.0 Å². The van der Waals surface area contributed by atoms with Gasteiger partial charge in [0.1, 0.15) is 0 Å². The Labute approximate surface area is 98.2 Å². The van der Waals surface area contributed by atoms with Gasteiger partial charge in [0.25, 0.3) is 0 Å². The number of hydrogen-bond acceptors (Lipinski definition) is 6. The summed E-state index contributed by atoms with van der Waals surface area (Å²) in [6, 6.07) is 0. The molecular formula is C8H18O6P2. The van der Waals surface area contributed by atoms with Crippen LogP contribution in [0, 0.1) is 5.41 Å². The molecule has 0 aliphatic carbocycles. The molecule has 1 atom stereocenters. The average Bonchev–Trinajstić information content (AvgIpc) is 2.30. The molecule has 1 heterocycles. The first-order valence-electron chi connectivity index (χ1n) is 4.94. The Hall–Kier alpha value is 0.620. The van der Waals surface area contributed by atoms with E-state index in [1.807, 2.05) is 13.8 Å². The molecule has 96 valence electrons. The molecule has 0 aromatic rings. The first-order valence-corrected chi connectivity index (χ1v) is 7.17. The maximum Gasteiger partial charge on any atom is 0.332 e. The highest BCUT2D eigenvalue weighted by atomic mass is 31.2. The smallest absolute Gasteiger partial charge is 0.328 e. The lowest BCUT2D eigenvalue weighted by atomic mass is 9.95. The van der Waals surface area contributed by atoms with E-state index < -0.39 is 17.2 Å². The highest BCUT2D eigenvalue weighted by molar-refractivity contribution is 7.41. The van der Waals surface area contributed by atoms with Crippen molar-refractivity contribution in [3.05, 3.63) is 0 Å². The highest BCUT2D eigenvalue weighted by Crippen LogP contribution is 2.47. The van der Waals surface area contributed by atoms with Crippen molar-refractivity contribution in [2.45, 2.75) is 13.8 Å². The minimum atomic E-state index is -1.79. The van der Waals surface area contributed by atoms with Crippen molar-refractivity contribution in [3.63, 3.8) is 0 Å². The van der Waals surface area contributed by atoms with Crippen molar-refractivity contribution in [1.82, 2.24) is 0 Å². The summed E-state index contributed by atoms with van der Waals surface area (Å²) < 4.78 is 25.9. The largest absolute Gasteiger partial charge is 0.332 e. The van der Waals surface area contributed by atoms with Gasteiger partial charge >= 0.3 is 17.2 Å². The van der Waals surface area contributed by atoms with Gasteiger partial charge in [-0.3, -0.25) is 0 Å². The first-order chi connectivity index (χ1) is 7.59. The maximum atomic E-state index is 9.16. The van der Waals surface area contributed by atoms with E-state index >= 15 is 0 Å². The van der Waals surface area contributed by atoms with Crippen LogP contribution in [0.25, 0.3) is 0 Å². The van der Waals surface area contributed by atoms with E-state index in [1.54, 1.807) is 0 Å². The third-order valence-corrected chi connectivity index (χ3v) is 3.76. The molecule has 1 aliphatic heterocycles. The third-order valence-electron chi connectivity index (χ3n) is 1.95. The Bertz CT molecular complexity index is 197. The second kappa shape index (κ2) is 7.14. The van der Waals surface area contributed by atoms with Crippen molar-refractivity contribution in [2.24, 2.45) is 5.41 Å². The van der Waals surface area contributed by atoms with Gasteiger partial charge in [-0.05, 0) is 6.92 Å². The van der Waals surface area contributed by atoms with Gasteiger partial charge in [0.15, 0.2) is 0 Å². The topological polar surface area (TPSA) is 66.4 Å². The summed E-state index contributed by atoms with van der Waals surface area (Å²) in [6.45, 7) is 5.74. The summed E-state index contributed by atoms with van der Waals surface area (Å²) in [7, 11) is -1.59. The molecule has 0 bridgehead atoms. The third kappa shape index (κ3) is 4.86. The Morgan fingerprint density at radius 3 is 2.56 bits per heavy atom. The summed E-state index contributed by atoms with van der Waals surface area (Å²) >= 11 is 0. The minimum absolute atomic E-state index is 0.266. The molecule has 1 saturated heterocycles. The Kier molecular flexibility index (Phi) is 6.55. The highest BCUT2D eigenvalue weighted by Gasteiger charge is 2.35. The van der Waals surface area contributed by atoms with Crippen LogP contribution in [-0.2, 0) is 22.6 Å². The summed E-state index contributed by atoms with van der Waals surface area (Å²) in [5.41, 5.74) is -0.266. The van der Waals surface area contributed by atoms with E-state index in [2.05, 4.69) is 4.52 Å². The van der Waals surface area contributed by atoms with E-state index in [1.165, 1.54) is 7.11 Å². The normalized spacial score (nSPS) is 32.6. The molecule has 8 heteroatoms. The Morgan fingerprint density at radius 2 is 2.06 bits per heavy atom. The van der Waals surface area contributed by atoms with Crippen LogP contribution < -0.4 is 0 Å². The van der Waals surface area contributed by atoms with Crippen LogP contribution in [0.4, 0.5) is 0 Å². The van der Waals surface area contributed by atoms with E-state index in [0.717, 1.165) is 0 Å². The molecule has 0 aromatic carbocycles. The van der Waals surface area contributed by atoms with Crippen LogP contribution in [0.15, 0.2) is 0 Å². The summed E-state index contributed by atoms with van der Waals surface area (Å²) in [5, 5.41) is 0. The van der Waals surface area contributed by atoms with Crippen LogP contribution in [0.2, 0.25) is 0 Å². The Morgan fingerprint density at radius 1 is 1.44 bits per heavy atom.